The van der Waals surface area contributed by atoms with Crippen molar-refractivity contribution < 1.29 is 5.11 Å². The van der Waals surface area contributed by atoms with Crippen molar-refractivity contribution in [2.24, 2.45) is 5.92 Å². The van der Waals surface area contributed by atoms with Crippen molar-refractivity contribution in [3.63, 3.8) is 0 Å². The van der Waals surface area contributed by atoms with E-state index in [1.165, 1.54) is 12.8 Å². The molecule has 2 heteroatoms. The van der Waals surface area contributed by atoms with Crippen LogP contribution in [-0.2, 0) is 0 Å². The summed E-state index contributed by atoms with van der Waals surface area (Å²) < 4.78 is 0. The minimum Gasteiger partial charge on any atom is -0.389 e. The average Bonchev–Trinajstić information content (AvgIpc) is 2.09. The van der Waals surface area contributed by atoms with Crippen molar-refractivity contribution in [2.45, 2.75) is 45.6 Å². The van der Waals surface area contributed by atoms with Crippen molar-refractivity contribution >= 4 is 0 Å². The lowest BCUT2D eigenvalue weighted by atomic mass is 9.96. The van der Waals surface area contributed by atoms with Crippen LogP contribution in [0.2, 0.25) is 0 Å². The van der Waals surface area contributed by atoms with Crippen molar-refractivity contribution in [3.8, 4) is 0 Å². The average molecular weight is 185 g/mol. The van der Waals surface area contributed by atoms with Gasteiger partial charge in [-0.3, -0.25) is 0 Å². The maximum atomic E-state index is 9.90. The molecule has 0 spiro atoms. The summed E-state index contributed by atoms with van der Waals surface area (Å²) in [6.07, 6.45) is 3.43. The first-order valence-corrected chi connectivity index (χ1v) is 5.48. The van der Waals surface area contributed by atoms with Gasteiger partial charge in [-0.15, -0.1) is 0 Å². The van der Waals surface area contributed by atoms with E-state index in [1.807, 2.05) is 13.8 Å². The molecule has 0 bridgehead atoms. The molecule has 78 valence electrons. The van der Waals surface area contributed by atoms with Gasteiger partial charge < -0.3 is 10.0 Å². The smallest absolute Gasteiger partial charge is 0.0743 e. The lowest BCUT2D eigenvalue weighted by Gasteiger charge is -2.35. The van der Waals surface area contributed by atoms with Crippen LogP contribution in [0.15, 0.2) is 0 Å². The monoisotopic (exact) mass is 185 g/mol. The van der Waals surface area contributed by atoms with Gasteiger partial charge in [-0.25, -0.2) is 0 Å². The number of rotatable bonds is 3. The zero-order valence-electron chi connectivity index (χ0n) is 9.21. The lowest BCUT2D eigenvalue weighted by molar-refractivity contribution is 0.00740. The molecule has 0 aromatic carbocycles. The molecule has 0 aromatic rings. The largest absolute Gasteiger partial charge is 0.389 e. The van der Waals surface area contributed by atoms with Crippen LogP contribution in [0.5, 0.6) is 0 Å². The van der Waals surface area contributed by atoms with Crippen LogP contribution in [-0.4, -0.2) is 35.2 Å². The van der Waals surface area contributed by atoms with E-state index < -0.39 is 5.60 Å². The highest BCUT2D eigenvalue weighted by Crippen LogP contribution is 2.19. The summed E-state index contributed by atoms with van der Waals surface area (Å²) in [6.45, 7) is 9.47. The molecular formula is C11H23NO. The van der Waals surface area contributed by atoms with Gasteiger partial charge in [0.05, 0.1) is 5.60 Å². The van der Waals surface area contributed by atoms with E-state index in [0.717, 1.165) is 32.0 Å². The van der Waals surface area contributed by atoms with Gasteiger partial charge in [0.2, 0.25) is 0 Å². The minimum atomic E-state index is -0.486. The van der Waals surface area contributed by atoms with Gasteiger partial charge in [0.15, 0.2) is 0 Å². The van der Waals surface area contributed by atoms with Gasteiger partial charge in [0.25, 0.3) is 0 Å². The van der Waals surface area contributed by atoms with Gasteiger partial charge in [0.1, 0.15) is 0 Å². The minimum absolute atomic E-state index is 0.486. The zero-order valence-corrected chi connectivity index (χ0v) is 9.21. The highest BCUT2D eigenvalue weighted by molar-refractivity contribution is 4.78. The molecule has 1 rings (SSSR count). The fraction of sp³-hybridized carbons (Fsp3) is 1.00. The van der Waals surface area contributed by atoms with Crippen molar-refractivity contribution in [3.05, 3.63) is 0 Å². The molecule has 0 radical (unpaired) electrons. The van der Waals surface area contributed by atoms with Crippen LogP contribution in [0.1, 0.15) is 40.0 Å². The first kappa shape index (κ1) is 11.0. The van der Waals surface area contributed by atoms with E-state index in [-0.39, 0.29) is 0 Å². The van der Waals surface area contributed by atoms with Crippen LogP contribution in [0.4, 0.5) is 0 Å². The molecule has 0 aliphatic carbocycles. The predicted octanol–water partition coefficient (Wildman–Crippen LogP) is 1.88. The fourth-order valence-corrected chi connectivity index (χ4v) is 1.81. The summed E-state index contributed by atoms with van der Waals surface area (Å²) >= 11 is 0. The first-order valence-electron chi connectivity index (χ1n) is 5.48. The SMILES string of the molecule is CCC(C)(O)CN1CCC(C)CC1. The van der Waals surface area contributed by atoms with Gasteiger partial charge in [0, 0.05) is 6.54 Å². The van der Waals surface area contributed by atoms with Gasteiger partial charge in [-0.05, 0) is 45.2 Å². The Morgan fingerprint density at radius 2 is 1.92 bits per heavy atom. The second-order valence-corrected chi connectivity index (χ2v) is 4.81. The molecule has 1 atom stereocenters. The molecule has 0 saturated carbocycles. The summed E-state index contributed by atoms with van der Waals surface area (Å²) in [6, 6.07) is 0. The van der Waals surface area contributed by atoms with Crippen molar-refractivity contribution in [1.29, 1.82) is 0 Å². The van der Waals surface area contributed by atoms with E-state index in [0.29, 0.717) is 0 Å². The van der Waals surface area contributed by atoms with Crippen LogP contribution >= 0.6 is 0 Å². The number of nitrogens with zero attached hydrogens (tertiary/aromatic N) is 1. The highest BCUT2D eigenvalue weighted by atomic mass is 16.3. The lowest BCUT2D eigenvalue weighted by Crippen LogP contribution is -2.43. The Balaban J connectivity index is 2.30. The maximum absolute atomic E-state index is 9.90. The fourth-order valence-electron chi connectivity index (χ4n) is 1.81. The second kappa shape index (κ2) is 4.43. The summed E-state index contributed by atoms with van der Waals surface area (Å²) in [5.74, 6) is 0.878. The number of hydrogen-bond acceptors (Lipinski definition) is 2. The molecule has 1 saturated heterocycles. The number of β-amino-alcohol motifs (C(OH)–C–C–N with tert-alkyl or cyclic N) is 1. The molecule has 1 heterocycles. The Bertz CT molecular complexity index is 148. The summed E-state index contributed by atoms with van der Waals surface area (Å²) in [4.78, 5) is 2.39. The highest BCUT2D eigenvalue weighted by Gasteiger charge is 2.24. The summed E-state index contributed by atoms with van der Waals surface area (Å²) in [7, 11) is 0. The number of likely N-dealkylation sites (tertiary alicyclic amines) is 1. The molecule has 1 aliphatic heterocycles. The molecule has 2 nitrogen and oxygen atoms in total. The van der Waals surface area contributed by atoms with Gasteiger partial charge in [-0.2, -0.15) is 0 Å². The molecule has 1 N–H and O–H groups in total. The van der Waals surface area contributed by atoms with Crippen molar-refractivity contribution in [1.82, 2.24) is 4.90 Å². The normalized spacial score (nSPS) is 25.8. The van der Waals surface area contributed by atoms with Gasteiger partial charge >= 0.3 is 0 Å². The molecule has 13 heavy (non-hydrogen) atoms. The topological polar surface area (TPSA) is 23.5 Å². The van der Waals surface area contributed by atoms with Gasteiger partial charge in [-0.1, -0.05) is 13.8 Å². The third kappa shape index (κ3) is 3.65. The Morgan fingerprint density at radius 1 is 1.38 bits per heavy atom. The van der Waals surface area contributed by atoms with E-state index in [2.05, 4.69) is 11.8 Å². The molecular weight excluding hydrogens is 162 g/mol. The molecule has 0 amide bonds. The van der Waals surface area contributed by atoms with Crippen LogP contribution in [0.3, 0.4) is 0 Å². The van der Waals surface area contributed by atoms with Crippen LogP contribution in [0.25, 0.3) is 0 Å². The third-order valence-electron chi connectivity index (χ3n) is 3.20. The van der Waals surface area contributed by atoms with E-state index in [1.54, 1.807) is 0 Å². The maximum Gasteiger partial charge on any atom is 0.0743 e. The third-order valence-corrected chi connectivity index (χ3v) is 3.20. The Labute approximate surface area is 81.9 Å². The Morgan fingerprint density at radius 3 is 2.38 bits per heavy atom. The molecule has 0 aromatic heterocycles. The van der Waals surface area contributed by atoms with Crippen molar-refractivity contribution in [2.75, 3.05) is 19.6 Å². The Hall–Kier alpha value is -0.0800. The molecule has 1 fully saturated rings. The number of piperidine rings is 1. The number of hydrogen-bond donors (Lipinski definition) is 1. The standard InChI is InChI=1S/C11H23NO/c1-4-11(3,13)9-12-7-5-10(2)6-8-12/h10,13H,4-9H2,1-3H3. The predicted molar refractivity (Wildman–Crippen MR) is 55.8 cm³/mol. The van der Waals surface area contributed by atoms with E-state index in [4.69, 9.17) is 0 Å². The van der Waals surface area contributed by atoms with Crippen LogP contribution in [0, 0.1) is 5.92 Å². The summed E-state index contributed by atoms with van der Waals surface area (Å²) in [5.41, 5.74) is -0.486. The summed E-state index contributed by atoms with van der Waals surface area (Å²) in [5, 5.41) is 9.90. The molecule has 1 unspecified atom stereocenters. The zero-order chi connectivity index (χ0) is 9.90. The Kier molecular flexibility index (Phi) is 3.74. The number of aliphatic hydroxyl groups is 1. The quantitative estimate of drug-likeness (QED) is 0.725. The van der Waals surface area contributed by atoms with E-state index in [9.17, 15) is 5.11 Å². The van der Waals surface area contributed by atoms with Crippen LogP contribution < -0.4 is 0 Å². The molecule has 1 aliphatic rings. The first-order chi connectivity index (χ1) is 6.03. The van der Waals surface area contributed by atoms with E-state index >= 15 is 0 Å². The second-order valence-electron chi connectivity index (χ2n) is 4.81.